The lowest BCUT2D eigenvalue weighted by atomic mass is 10.1. The lowest BCUT2D eigenvalue weighted by Crippen LogP contribution is -2.32. The number of benzene rings is 3. The zero-order valence-electron chi connectivity index (χ0n) is 18.7. The number of carbonyl (C=O) groups excluding carboxylic acids is 1. The minimum absolute atomic E-state index is 0.102. The Morgan fingerprint density at radius 1 is 0.970 bits per heavy atom. The van der Waals surface area contributed by atoms with E-state index < -0.39 is 9.84 Å². The number of nitrogens with one attached hydrogen (secondary N) is 1. The molecule has 5 nitrogen and oxygen atoms in total. The highest BCUT2D eigenvalue weighted by molar-refractivity contribution is 7.99. The van der Waals surface area contributed by atoms with E-state index in [1.807, 2.05) is 49.0 Å². The Kier molecular flexibility index (Phi) is 7.53. The zero-order valence-corrected chi connectivity index (χ0v) is 20.3. The molecule has 0 radical (unpaired) electrons. The SMILES string of the molecule is Cc1c(CN2CCSCC2)cccc1NC(=O)c1cccc(S(=O)(=O)Cc2ccccc2)c1. The lowest BCUT2D eigenvalue weighted by Gasteiger charge is -2.27. The summed E-state index contributed by atoms with van der Waals surface area (Å²) in [5.74, 6) is 1.88. The molecule has 3 aromatic rings. The Morgan fingerprint density at radius 2 is 1.70 bits per heavy atom. The summed E-state index contributed by atoms with van der Waals surface area (Å²) in [6.45, 7) is 5.03. The number of sulfone groups is 1. The largest absolute Gasteiger partial charge is 0.322 e. The topological polar surface area (TPSA) is 66.5 Å². The van der Waals surface area contributed by atoms with Crippen molar-refractivity contribution < 1.29 is 13.2 Å². The summed E-state index contributed by atoms with van der Waals surface area (Å²) in [5, 5.41) is 2.98. The summed E-state index contributed by atoms with van der Waals surface area (Å²) in [7, 11) is -3.56. The van der Waals surface area contributed by atoms with Crippen molar-refractivity contribution in [1.29, 1.82) is 0 Å². The van der Waals surface area contributed by atoms with Crippen LogP contribution in [0.25, 0.3) is 0 Å². The normalized spacial score (nSPS) is 14.7. The van der Waals surface area contributed by atoms with Crippen LogP contribution >= 0.6 is 11.8 Å². The van der Waals surface area contributed by atoms with Gasteiger partial charge in [0.05, 0.1) is 10.6 Å². The van der Waals surface area contributed by atoms with Gasteiger partial charge in [0.15, 0.2) is 9.84 Å². The second-order valence-corrected chi connectivity index (χ2v) is 11.4. The maximum absolute atomic E-state index is 13.0. The predicted molar refractivity (Wildman–Crippen MR) is 136 cm³/mol. The number of hydrogen-bond acceptors (Lipinski definition) is 5. The van der Waals surface area contributed by atoms with Crippen molar-refractivity contribution in [2.45, 2.75) is 24.1 Å². The van der Waals surface area contributed by atoms with Crippen molar-refractivity contribution in [2.75, 3.05) is 29.9 Å². The standard InChI is InChI=1S/C26H28N2O3S2/c1-20-23(18-28-13-15-32-16-14-28)10-6-12-25(20)27-26(29)22-9-5-11-24(17-22)33(30,31)19-21-7-3-2-4-8-21/h2-12,17H,13-16,18-19H2,1H3,(H,27,29). The van der Waals surface area contributed by atoms with Gasteiger partial charge in [-0.2, -0.15) is 11.8 Å². The van der Waals surface area contributed by atoms with E-state index in [2.05, 4.69) is 16.3 Å². The second kappa shape index (κ2) is 10.5. The fourth-order valence-electron chi connectivity index (χ4n) is 3.89. The van der Waals surface area contributed by atoms with Gasteiger partial charge in [-0.1, -0.05) is 48.5 Å². The second-order valence-electron chi connectivity index (χ2n) is 8.20. The monoisotopic (exact) mass is 480 g/mol. The Bertz CT molecular complexity index is 1220. The fourth-order valence-corrected chi connectivity index (χ4v) is 6.26. The van der Waals surface area contributed by atoms with Crippen LogP contribution in [0.15, 0.2) is 77.7 Å². The Labute approximate surface area is 200 Å². The van der Waals surface area contributed by atoms with Gasteiger partial charge in [0, 0.05) is 42.4 Å². The van der Waals surface area contributed by atoms with E-state index >= 15 is 0 Å². The quantitative estimate of drug-likeness (QED) is 0.528. The number of amides is 1. The predicted octanol–water partition coefficient (Wildman–Crippen LogP) is 4.77. The van der Waals surface area contributed by atoms with Gasteiger partial charge in [-0.05, 0) is 47.9 Å². The van der Waals surface area contributed by atoms with Crippen LogP contribution in [-0.4, -0.2) is 43.8 Å². The molecule has 33 heavy (non-hydrogen) atoms. The first-order valence-electron chi connectivity index (χ1n) is 11.0. The molecular weight excluding hydrogens is 452 g/mol. The molecule has 1 amide bonds. The van der Waals surface area contributed by atoms with Gasteiger partial charge in [-0.15, -0.1) is 0 Å². The van der Waals surface area contributed by atoms with E-state index in [9.17, 15) is 13.2 Å². The van der Waals surface area contributed by atoms with E-state index in [1.165, 1.54) is 17.7 Å². The molecule has 1 heterocycles. The zero-order chi connectivity index (χ0) is 23.3. The number of thioether (sulfide) groups is 1. The van der Waals surface area contributed by atoms with E-state index in [-0.39, 0.29) is 16.6 Å². The molecule has 0 atom stereocenters. The minimum atomic E-state index is -3.56. The third-order valence-electron chi connectivity index (χ3n) is 5.85. The van der Waals surface area contributed by atoms with Crippen LogP contribution in [0.2, 0.25) is 0 Å². The molecule has 1 fully saturated rings. The van der Waals surface area contributed by atoms with Gasteiger partial charge in [0.1, 0.15) is 0 Å². The van der Waals surface area contributed by atoms with Crippen molar-refractivity contribution in [1.82, 2.24) is 4.90 Å². The van der Waals surface area contributed by atoms with Crippen molar-refractivity contribution in [2.24, 2.45) is 0 Å². The highest BCUT2D eigenvalue weighted by atomic mass is 32.2. The van der Waals surface area contributed by atoms with E-state index in [1.54, 1.807) is 24.3 Å². The molecule has 0 aromatic heterocycles. The molecule has 0 aliphatic carbocycles. The van der Waals surface area contributed by atoms with Gasteiger partial charge in [-0.3, -0.25) is 9.69 Å². The maximum atomic E-state index is 13.0. The summed E-state index contributed by atoms with van der Waals surface area (Å²) in [6.07, 6.45) is 0. The average molecular weight is 481 g/mol. The first-order valence-corrected chi connectivity index (χ1v) is 13.8. The minimum Gasteiger partial charge on any atom is -0.322 e. The van der Waals surface area contributed by atoms with Crippen LogP contribution < -0.4 is 5.32 Å². The smallest absolute Gasteiger partial charge is 0.255 e. The van der Waals surface area contributed by atoms with Crippen molar-refractivity contribution in [3.8, 4) is 0 Å². The van der Waals surface area contributed by atoms with Crippen molar-refractivity contribution in [3.05, 3.63) is 95.1 Å². The van der Waals surface area contributed by atoms with E-state index in [0.29, 0.717) is 11.1 Å². The summed E-state index contributed by atoms with van der Waals surface area (Å²) in [4.78, 5) is 15.6. The van der Waals surface area contributed by atoms with Gasteiger partial charge in [0.25, 0.3) is 5.91 Å². The summed E-state index contributed by atoms with van der Waals surface area (Å²) < 4.78 is 25.8. The van der Waals surface area contributed by atoms with Crippen molar-refractivity contribution >= 4 is 33.2 Å². The summed E-state index contributed by atoms with van der Waals surface area (Å²) in [6, 6.07) is 21.2. The molecule has 0 spiro atoms. The molecule has 1 N–H and O–H groups in total. The molecule has 0 bridgehead atoms. The molecular formula is C26H28N2O3S2. The van der Waals surface area contributed by atoms with Crippen LogP contribution in [0, 0.1) is 6.92 Å². The van der Waals surface area contributed by atoms with Gasteiger partial charge >= 0.3 is 0 Å². The van der Waals surface area contributed by atoms with Gasteiger partial charge < -0.3 is 5.32 Å². The third kappa shape index (κ3) is 6.05. The third-order valence-corrected chi connectivity index (χ3v) is 8.47. The summed E-state index contributed by atoms with van der Waals surface area (Å²) >= 11 is 1.98. The van der Waals surface area contributed by atoms with Gasteiger partial charge in [0.2, 0.25) is 0 Å². The Hall–Kier alpha value is -2.61. The molecule has 1 saturated heterocycles. The molecule has 1 aliphatic heterocycles. The fraction of sp³-hybridized carbons (Fsp3) is 0.269. The first kappa shape index (κ1) is 23.5. The summed E-state index contributed by atoms with van der Waals surface area (Å²) in [5.41, 5.74) is 4.02. The van der Waals surface area contributed by atoms with E-state index in [0.717, 1.165) is 42.4 Å². The molecule has 3 aromatic carbocycles. The van der Waals surface area contributed by atoms with Crippen LogP contribution in [0.5, 0.6) is 0 Å². The maximum Gasteiger partial charge on any atom is 0.255 e. The van der Waals surface area contributed by atoms with Crippen LogP contribution in [-0.2, 0) is 22.1 Å². The number of hydrogen-bond donors (Lipinski definition) is 1. The number of nitrogens with zero attached hydrogens (tertiary/aromatic N) is 1. The molecule has 1 aliphatic rings. The highest BCUT2D eigenvalue weighted by Gasteiger charge is 2.18. The van der Waals surface area contributed by atoms with Crippen LogP contribution in [0.4, 0.5) is 5.69 Å². The molecule has 0 saturated carbocycles. The number of anilines is 1. The van der Waals surface area contributed by atoms with Crippen LogP contribution in [0.3, 0.4) is 0 Å². The van der Waals surface area contributed by atoms with Crippen LogP contribution in [0.1, 0.15) is 27.0 Å². The molecule has 0 unspecified atom stereocenters. The average Bonchev–Trinajstić information content (AvgIpc) is 2.83. The lowest BCUT2D eigenvalue weighted by molar-refractivity contribution is 0.102. The van der Waals surface area contributed by atoms with E-state index in [4.69, 9.17) is 0 Å². The Balaban J connectivity index is 1.49. The van der Waals surface area contributed by atoms with Crippen molar-refractivity contribution in [3.63, 3.8) is 0 Å². The Morgan fingerprint density at radius 3 is 2.45 bits per heavy atom. The molecule has 4 rings (SSSR count). The number of carbonyl (C=O) groups is 1. The molecule has 7 heteroatoms. The number of rotatable bonds is 7. The highest BCUT2D eigenvalue weighted by Crippen LogP contribution is 2.23. The van der Waals surface area contributed by atoms with Gasteiger partial charge in [-0.25, -0.2) is 8.42 Å². The first-order chi connectivity index (χ1) is 15.9. The molecule has 172 valence electrons.